The first kappa shape index (κ1) is 11.7. The lowest BCUT2D eigenvalue weighted by Gasteiger charge is -2.17. The third kappa shape index (κ3) is 6.44. The molecule has 0 amide bonds. The van der Waals surface area contributed by atoms with Gasteiger partial charge in [-0.1, -0.05) is 0 Å². The molecule has 70 valence electrons. The van der Waals surface area contributed by atoms with Gasteiger partial charge in [-0.3, -0.25) is 0 Å². The van der Waals surface area contributed by atoms with Gasteiger partial charge in [-0.2, -0.15) is 10.2 Å². The normalized spacial score (nSPS) is 11.2. The molecule has 0 heterocycles. The van der Waals surface area contributed by atoms with Crippen molar-refractivity contribution >= 4 is 11.8 Å². The number of nitriles is 1. The average molecular weight is 191 g/mol. The maximum Gasteiger partial charge on any atom is 0.133 e. The van der Waals surface area contributed by atoms with Gasteiger partial charge in [-0.05, 0) is 49.4 Å². The minimum absolute atomic E-state index is 0.669. The van der Waals surface area contributed by atoms with E-state index in [0.717, 1.165) is 18.6 Å². The fraction of sp³-hybridized carbons (Fsp3) is 0.875. The van der Waals surface area contributed by atoms with E-state index in [4.69, 9.17) is 5.26 Å². The minimum Gasteiger partial charge on any atom is -0.188 e. The second-order valence-electron chi connectivity index (χ2n) is 3.23. The second-order valence-corrected chi connectivity index (χ2v) is 4.11. The molecule has 0 unspecified atom stereocenters. The number of hydrogen-bond acceptors (Lipinski definition) is 3. The summed E-state index contributed by atoms with van der Waals surface area (Å²) < 4.78 is 11.8. The molecule has 0 saturated heterocycles. The fourth-order valence-electron chi connectivity index (χ4n) is 0.809. The van der Waals surface area contributed by atoms with Crippen LogP contribution in [0.2, 0.25) is 0 Å². The maximum absolute atomic E-state index is 11.8. The average Bonchev–Trinajstić information content (AvgIpc) is 2.04. The summed E-state index contributed by atoms with van der Waals surface area (Å²) in [5.74, 6) is 0.818. The number of unbranched alkanes of at least 4 members (excludes halogenated alkanes) is 1. The highest BCUT2D eigenvalue weighted by molar-refractivity contribution is 8.03. The Balaban J connectivity index is 3.26. The summed E-state index contributed by atoms with van der Waals surface area (Å²) >= 11 is 1.24. The molecule has 0 bridgehead atoms. The van der Waals surface area contributed by atoms with Crippen LogP contribution < -0.4 is 0 Å². The summed E-state index contributed by atoms with van der Waals surface area (Å²) in [6.07, 6.45) is 2.52. The van der Waals surface area contributed by atoms with Crippen molar-refractivity contribution in [3.8, 4) is 5.40 Å². The number of thiocyanates is 1. The summed E-state index contributed by atoms with van der Waals surface area (Å²) in [6, 6.07) is 0. The molecule has 0 fully saturated rings. The van der Waals surface area contributed by atoms with E-state index in [1.54, 1.807) is 13.8 Å². The van der Waals surface area contributed by atoms with Crippen LogP contribution in [-0.2, 0) is 4.94 Å². The Kier molecular flexibility index (Phi) is 6.13. The van der Waals surface area contributed by atoms with Crippen molar-refractivity contribution in [1.29, 1.82) is 5.26 Å². The van der Waals surface area contributed by atoms with Crippen LogP contribution >= 0.6 is 11.8 Å². The SMILES string of the molecule is CC(C)(CCCCSC#N)OF. The van der Waals surface area contributed by atoms with Gasteiger partial charge in [0, 0.05) is 5.75 Å². The zero-order valence-electron chi connectivity index (χ0n) is 7.47. The summed E-state index contributed by atoms with van der Waals surface area (Å²) in [5, 5.41) is 10.2. The molecule has 2 nitrogen and oxygen atoms in total. The first-order valence-corrected chi connectivity index (χ1v) is 4.91. The molecule has 0 aliphatic carbocycles. The van der Waals surface area contributed by atoms with E-state index in [2.05, 4.69) is 4.94 Å². The Morgan fingerprint density at radius 2 is 2.17 bits per heavy atom. The summed E-state index contributed by atoms with van der Waals surface area (Å²) in [4.78, 5) is 3.77. The Labute approximate surface area is 77.0 Å². The lowest BCUT2D eigenvalue weighted by atomic mass is 10.0. The maximum atomic E-state index is 11.8. The number of nitrogens with zero attached hydrogens (tertiary/aromatic N) is 1. The van der Waals surface area contributed by atoms with Crippen LogP contribution in [0, 0.1) is 10.7 Å². The molecular weight excluding hydrogens is 177 g/mol. The van der Waals surface area contributed by atoms with Crippen molar-refractivity contribution in [1.82, 2.24) is 0 Å². The smallest absolute Gasteiger partial charge is 0.133 e. The van der Waals surface area contributed by atoms with Crippen molar-refractivity contribution in [2.45, 2.75) is 38.7 Å². The Morgan fingerprint density at radius 1 is 1.50 bits per heavy atom. The topological polar surface area (TPSA) is 33.0 Å². The van der Waals surface area contributed by atoms with Crippen LogP contribution in [0.5, 0.6) is 0 Å². The van der Waals surface area contributed by atoms with Crippen molar-refractivity contribution in [3.05, 3.63) is 0 Å². The van der Waals surface area contributed by atoms with E-state index in [1.807, 2.05) is 5.40 Å². The van der Waals surface area contributed by atoms with Crippen molar-refractivity contribution < 1.29 is 9.47 Å². The third-order valence-corrected chi connectivity index (χ3v) is 2.17. The highest BCUT2D eigenvalue weighted by Crippen LogP contribution is 2.18. The summed E-state index contributed by atoms with van der Waals surface area (Å²) in [6.45, 7) is 3.43. The molecule has 0 radical (unpaired) electrons. The molecule has 0 aromatic rings. The van der Waals surface area contributed by atoms with Crippen LogP contribution in [0.25, 0.3) is 0 Å². The monoisotopic (exact) mass is 191 g/mol. The van der Waals surface area contributed by atoms with Crippen molar-refractivity contribution in [3.63, 3.8) is 0 Å². The number of rotatable bonds is 6. The molecule has 0 rings (SSSR count). The van der Waals surface area contributed by atoms with E-state index in [-0.39, 0.29) is 0 Å². The van der Waals surface area contributed by atoms with Gasteiger partial charge in [-0.15, -0.1) is 0 Å². The molecule has 0 aliphatic rings. The van der Waals surface area contributed by atoms with Gasteiger partial charge in [0.2, 0.25) is 0 Å². The molecule has 0 aliphatic heterocycles. The lowest BCUT2D eigenvalue weighted by Crippen LogP contribution is -2.20. The molecule has 0 aromatic heterocycles. The first-order valence-electron chi connectivity index (χ1n) is 3.93. The van der Waals surface area contributed by atoms with E-state index < -0.39 is 5.60 Å². The lowest BCUT2D eigenvalue weighted by molar-refractivity contribution is -0.224. The van der Waals surface area contributed by atoms with E-state index in [1.165, 1.54) is 11.8 Å². The zero-order valence-corrected chi connectivity index (χ0v) is 8.29. The Hall–Kier alpha value is -0.270. The first-order chi connectivity index (χ1) is 5.62. The Morgan fingerprint density at radius 3 is 2.67 bits per heavy atom. The predicted molar refractivity (Wildman–Crippen MR) is 48.2 cm³/mol. The van der Waals surface area contributed by atoms with Crippen LogP contribution in [0.4, 0.5) is 4.53 Å². The molecule has 0 aromatic carbocycles. The molecule has 0 saturated carbocycles. The fourth-order valence-corrected chi connectivity index (χ4v) is 1.25. The van der Waals surface area contributed by atoms with Crippen LogP contribution in [0.3, 0.4) is 0 Å². The number of hydrogen-bond donors (Lipinski definition) is 0. The molecule has 0 atom stereocenters. The van der Waals surface area contributed by atoms with E-state index in [9.17, 15) is 4.53 Å². The zero-order chi connectivity index (χ0) is 9.45. The summed E-state index contributed by atoms with van der Waals surface area (Å²) in [7, 11) is 0. The van der Waals surface area contributed by atoms with Crippen molar-refractivity contribution in [2.24, 2.45) is 0 Å². The Bertz CT molecular complexity index is 156. The predicted octanol–water partition coefficient (Wildman–Crippen LogP) is 3.05. The van der Waals surface area contributed by atoms with Gasteiger partial charge in [0.25, 0.3) is 0 Å². The number of thioether (sulfide) groups is 1. The third-order valence-electron chi connectivity index (χ3n) is 1.55. The summed E-state index contributed by atoms with van der Waals surface area (Å²) in [5.41, 5.74) is -0.669. The van der Waals surface area contributed by atoms with Gasteiger partial charge >= 0.3 is 0 Å². The van der Waals surface area contributed by atoms with Gasteiger partial charge in [-0.25, -0.2) is 0 Å². The van der Waals surface area contributed by atoms with Gasteiger partial charge in [0.15, 0.2) is 0 Å². The highest BCUT2D eigenvalue weighted by atomic mass is 32.2. The molecule has 0 spiro atoms. The number of halogens is 1. The largest absolute Gasteiger partial charge is 0.188 e. The molecular formula is C8H14FNOS. The van der Waals surface area contributed by atoms with E-state index >= 15 is 0 Å². The van der Waals surface area contributed by atoms with Gasteiger partial charge < -0.3 is 0 Å². The van der Waals surface area contributed by atoms with Crippen LogP contribution in [0.1, 0.15) is 33.1 Å². The molecule has 12 heavy (non-hydrogen) atoms. The van der Waals surface area contributed by atoms with Gasteiger partial charge in [0.1, 0.15) is 11.0 Å². The quantitative estimate of drug-likeness (QED) is 0.478. The highest BCUT2D eigenvalue weighted by Gasteiger charge is 2.18. The van der Waals surface area contributed by atoms with Crippen molar-refractivity contribution in [2.75, 3.05) is 5.75 Å². The van der Waals surface area contributed by atoms with Crippen LogP contribution in [-0.4, -0.2) is 11.4 Å². The molecule has 0 N–H and O–H groups in total. The van der Waals surface area contributed by atoms with Crippen LogP contribution in [0.15, 0.2) is 0 Å². The standard InChI is InChI=1S/C8H14FNOS/c1-8(2,11-9)5-3-4-6-12-7-10/h3-6H2,1-2H3. The van der Waals surface area contributed by atoms with E-state index in [0.29, 0.717) is 6.42 Å². The molecule has 4 heteroatoms. The second kappa shape index (κ2) is 6.27. The minimum atomic E-state index is -0.669. The van der Waals surface area contributed by atoms with Gasteiger partial charge in [0.05, 0.1) is 0 Å².